The number of fused-ring (bicyclic) bond motifs is 3. The van der Waals surface area contributed by atoms with E-state index in [1.165, 1.54) is 0 Å². The first-order valence-electron chi connectivity index (χ1n) is 8.37. The maximum absolute atomic E-state index is 13.2. The number of pyridine rings is 1. The van der Waals surface area contributed by atoms with Crippen molar-refractivity contribution >= 4 is 51.7 Å². The Morgan fingerprint density at radius 1 is 1.35 bits per heavy atom. The largest absolute Gasteiger partial charge is 0.369 e. The van der Waals surface area contributed by atoms with Crippen molar-refractivity contribution in [2.75, 3.05) is 0 Å². The van der Waals surface area contributed by atoms with Gasteiger partial charge in [0.2, 0.25) is 5.91 Å². The Hall–Kier alpha value is -2.05. The summed E-state index contributed by atoms with van der Waals surface area (Å²) in [6, 6.07) is 5.35. The monoisotopic (exact) mass is 395 g/mol. The average molecular weight is 396 g/mol. The first kappa shape index (κ1) is 18.7. The van der Waals surface area contributed by atoms with Crippen LogP contribution >= 0.6 is 24.0 Å². The summed E-state index contributed by atoms with van der Waals surface area (Å²) in [6.07, 6.45) is 3.01. The number of nitrogens with two attached hydrogens (primary N) is 1. The van der Waals surface area contributed by atoms with Crippen LogP contribution in [0, 0.1) is 12.8 Å². The van der Waals surface area contributed by atoms with E-state index in [9.17, 15) is 9.59 Å². The van der Waals surface area contributed by atoms with E-state index in [1.54, 1.807) is 17.6 Å². The van der Waals surface area contributed by atoms with Crippen molar-refractivity contribution in [1.82, 2.24) is 9.72 Å². The predicted octanol–water partition coefficient (Wildman–Crippen LogP) is 3.74. The van der Waals surface area contributed by atoms with Crippen LogP contribution in [0.4, 0.5) is 0 Å². The smallest absolute Gasteiger partial charge is 0.264 e. The minimum Gasteiger partial charge on any atom is -0.369 e. The number of primary amides is 1. The minimum absolute atomic E-state index is 0. The third kappa shape index (κ3) is 2.77. The van der Waals surface area contributed by atoms with Crippen LogP contribution in [0.1, 0.15) is 37.5 Å². The lowest BCUT2D eigenvalue weighted by Gasteiger charge is -2.30. The second kappa shape index (κ2) is 6.93. The van der Waals surface area contributed by atoms with Gasteiger partial charge in [-0.3, -0.25) is 9.59 Å². The zero-order chi connectivity index (χ0) is 17.7. The van der Waals surface area contributed by atoms with Crippen molar-refractivity contribution in [2.24, 2.45) is 11.7 Å². The molecule has 1 aromatic carbocycles. The van der Waals surface area contributed by atoms with E-state index in [4.69, 9.17) is 21.9 Å². The number of amides is 1. The van der Waals surface area contributed by atoms with Crippen LogP contribution in [-0.4, -0.2) is 15.6 Å². The number of carbonyl (C=O) groups excluding carboxylic acids is 1. The van der Waals surface area contributed by atoms with E-state index in [0.29, 0.717) is 39.0 Å². The van der Waals surface area contributed by atoms with Crippen LogP contribution in [0.5, 0.6) is 0 Å². The molecule has 6 nitrogen and oxygen atoms in total. The zero-order valence-corrected chi connectivity index (χ0v) is 15.8. The Labute approximate surface area is 160 Å². The molecule has 3 aromatic rings. The van der Waals surface area contributed by atoms with Crippen LogP contribution < -0.4 is 11.3 Å². The molecule has 138 valence electrons. The highest BCUT2D eigenvalue weighted by atomic mass is 35.5. The Kier molecular flexibility index (Phi) is 4.99. The second-order valence-corrected chi connectivity index (χ2v) is 7.10. The van der Waals surface area contributed by atoms with E-state index in [-0.39, 0.29) is 35.8 Å². The number of rotatable bonds is 2. The molecular weight excluding hydrogens is 377 g/mol. The number of hydrogen-bond donors (Lipinski definition) is 1. The molecule has 1 fully saturated rings. The van der Waals surface area contributed by atoms with Gasteiger partial charge >= 0.3 is 0 Å². The first-order valence-corrected chi connectivity index (χ1v) is 8.75. The Morgan fingerprint density at radius 2 is 2.12 bits per heavy atom. The maximum atomic E-state index is 13.2. The summed E-state index contributed by atoms with van der Waals surface area (Å²) in [6.45, 7) is 1.72. The standard InChI is InChI=1S/C18H18ClN3O3.ClH/c1-9-14-16(21-25-9)15-12(19)6-3-7-13(15)22(18(14)24)11-5-2-4-10(8-11)17(20)23;/h3,6-7,10-11H,2,4-5,8H2,1H3,(H2,20,23);1H. The lowest BCUT2D eigenvalue weighted by molar-refractivity contribution is -0.123. The van der Waals surface area contributed by atoms with E-state index < -0.39 is 0 Å². The van der Waals surface area contributed by atoms with Crippen molar-refractivity contribution in [3.05, 3.63) is 39.3 Å². The molecule has 2 unspecified atom stereocenters. The summed E-state index contributed by atoms with van der Waals surface area (Å²) in [5.41, 5.74) is 6.56. The van der Waals surface area contributed by atoms with Crippen molar-refractivity contribution in [3.63, 3.8) is 0 Å². The van der Waals surface area contributed by atoms with Crippen LogP contribution in [0.2, 0.25) is 5.02 Å². The highest BCUT2D eigenvalue weighted by molar-refractivity contribution is 6.37. The fraction of sp³-hybridized carbons (Fsp3) is 0.389. The molecule has 0 bridgehead atoms. The minimum atomic E-state index is -0.303. The molecular formula is C18H19Cl2N3O3. The van der Waals surface area contributed by atoms with Gasteiger partial charge in [0, 0.05) is 17.3 Å². The summed E-state index contributed by atoms with van der Waals surface area (Å²) in [5.74, 6) is -0.0423. The van der Waals surface area contributed by atoms with E-state index >= 15 is 0 Å². The zero-order valence-electron chi connectivity index (χ0n) is 14.2. The van der Waals surface area contributed by atoms with Gasteiger partial charge in [-0.05, 0) is 38.3 Å². The van der Waals surface area contributed by atoms with Crippen LogP contribution in [0.3, 0.4) is 0 Å². The van der Waals surface area contributed by atoms with Gasteiger partial charge < -0.3 is 14.8 Å². The Balaban J connectivity index is 0.00000196. The molecule has 8 heteroatoms. The number of carbonyl (C=O) groups is 1. The molecule has 26 heavy (non-hydrogen) atoms. The van der Waals surface area contributed by atoms with Gasteiger partial charge in [0.15, 0.2) is 0 Å². The summed E-state index contributed by atoms with van der Waals surface area (Å²) >= 11 is 6.42. The van der Waals surface area contributed by atoms with Crippen LogP contribution in [0.15, 0.2) is 27.5 Å². The van der Waals surface area contributed by atoms with E-state index in [1.807, 2.05) is 12.1 Å². The highest BCUT2D eigenvalue weighted by Gasteiger charge is 2.30. The lowest BCUT2D eigenvalue weighted by Crippen LogP contribution is -2.33. The fourth-order valence-corrected chi connectivity index (χ4v) is 4.25. The summed E-state index contributed by atoms with van der Waals surface area (Å²) in [4.78, 5) is 24.9. The molecule has 0 spiro atoms. The molecule has 4 rings (SSSR count). The van der Waals surface area contributed by atoms with Crippen molar-refractivity contribution < 1.29 is 9.32 Å². The van der Waals surface area contributed by atoms with E-state index in [0.717, 1.165) is 19.3 Å². The molecule has 2 heterocycles. The third-order valence-corrected chi connectivity index (χ3v) is 5.51. The number of aromatic nitrogens is 2. The molecule has 1 amide bonds. The molecule has 1 aliphatic rings. The molecule has 0 radical (unpaired) electrons. The average Bonchev–Trinajstić information content (AvgIpc) is 2.97. The van der Waals surface area contributed by atoms with Crippen molar-refractivity contribution in [1.29, 1.82) is 0 Å². The van der Waals surface area contributed by atoms with Gasteiger partial charge in [-0.15, -0.1) is 12.4 Å². The van der Waals surface area contributed by atoms with Gasteiger partial charge in [-0.1, -0.05) is 29.2 Å². The molecule has 2 N–H and O–H groups in total. The summed E-state index contributed by atoms with van der Waals surface area (Å²) in [7, 11) is 0. The van der Waals surface area contributed by atoms with Crippen molar-refractivity contribution in [3.8, 4) is 0 Å². The van der Waals surface area contributed by atoms with Crippen molar-refractivity contribution in [2.45, 2.75) is 38.6 Å². The normalized spacial score (nSPS) is 20.2. The molecule has 2 atom stereocenters. The Bertz CT molecular complexity index is 1060. The quantitative estimate of drug-likeness (QED) is 0.714. The topological polar surface area (TPSA) is 91.1 Å². The van der Waals surface area contributed by atoms with Gasteiger partial charge in [0.25, 0.3) is 5.56 Å². The van der Waals surface area contributed by atoms with Gasteiger partial charge in [-0.2, -0.15) is 0 Å². The maximum Gasteiger partial charge on any atom is 0.264 e. The SMILES string of the molecule is Cc1onc2c1c(=O)n(C1CCCC(C(N)=O)C1)c1cccc(Cl)c21.Cl. The number of nitrogens with zero attached hydrogens (tertiary/aromatic N) is 2. The number of aryl methyl sites for hydroxylation is 1. The predicted molar refractivity (Wildman–Crippen MR) is 103 cm³/mol. The molecule has 1 saturated carbocycles. The number of hydrogen-bond acceptors (Lipinski definition) is 4. The lowest BCUT2D eigenvalue weighted by atomic mass is 9.85. The third-order valence-electron chi connectivity index (χ3n) is 5.20. The van der Waals surface area contributed by atoms with Gasteiger partial charge in [-0.25, -0.2) is 0 Å². The first-order chi connectivity index (χ1) is 12.0. The number of benzene rings is 1. The fourth-order valence-electron chi connectivity index (χ4n) is 3.99. The Morgan fingerprint density at radius 3 is 2.85 bits per heavy atom. The van der Waals surface area contributed by atoms with Crippen LogP contribution in [-0.2, 0) is 4.79 Å². The molecule has 2 aromatic heterocycles. The second-order valence-electron chi connectivity index (χ2n) is 6.69. The van der Waals surface area contributed by atoms with Crippen LogP contribution in [0.25, 0.3) is 21.8 Å². The molecule has 1 aliphatic carbocycles. The summed E-state index contributed by atoms with van der Waals surface area (Å²) in [5, 5.41) is 5.72. The van der Waals surface area contributed by atoms with E-state index in [2.05, 4.69) is 5.16 Å². The van der Waals surface area contributed by atoms with Gasteiger partial charge in [0.05, 0.1) is 10.5 Å². The highest BCUT2D eigenvalue weighted by Crippen LogP contribution is 2.36. The summed E-state index contributed by atoms with van der Waals surface area (Å²) < 4.78 is 7.02. The number of halogens is 2. The molecule has 0 saturated heterocycles. The van der Waals surface area contributed by atoms with Gasteiger partial charge in [0.1, 0.15) is 16.7 Å². The molecule has 0 aliphatic heterocycles.